The van der Waals surface area contributed by atoms with E-state index in [4.69, 9.17) is 0 Å². The first kappa shape index (κ1) is 16.2. The molecule has 6 heteroatoms. The molecule has 2 rings (SSSR count). The Morgan fingerprint density at radius 1 is 1.33 bits per heavy atom. The Labute approximate surface area is 127 Å². The minimum absolute atomic E-state index is 0.125. The predicted octanol–water partition coefficient (Wildman–Crippen LogP) is 2.71. The molecule has 0 unspecified atom stereocenters. The van der Waals surface area contributed by atoms with E-state index in [1.165, 1.54) is 6.20 Å². The van der Waals surface area contributed by atoms with Crippen LogP contribution in [0.2, 0.25) is 0 Å². The highest BCUT2D eigenvalue weighted by atomic mass is 32.2. The minimum atomic E-state index is -3.52. The lowest BCUT2D eigenvalue weighted by Gasteiger charge is -2.26. The van der Waals surface area contributed by atoms with Gasteiger partial charge in [-0.2, -0.15) is 4.31 Å². The van der Waals surface area contributed by atoms with Gasteiger partial charge < -0.3 is 5.32 Å². The minimum Gasteiger partial charge on any atom is -0.383 e. The van der Waals surface area contributed by atoms with E-state index in [2.05, 4.69) is 24.1 Å². The van der Waals surface area contributed by atoms with Gasteiger partial charge in [0.1, 0.15) is 0 Å². The number of nitrogens with zero attached hydrogens (tertiary/aromatic N) is 2. The van der Waals surface area contributed by atoms with Crippen LogP contribution in [-0.2, 0) is 10.0 Å². The van der Waals surface area contributed by atoms with Gasteiger partial charge in [0.25, 0.3) is 10.0 Å². The molecule has 0 amide bonds. The summed E-state index contributed by atoms with van der Waals surface area (Å²) in [5, 5.41) is 3.23. The number of sulfonamides is 1. The zero-order valence-electron chi connectivity index (χ0n) is 13.1. The molecule has 1 aromatic rings. The second-order valence-electron chi connectivity index (χ2n) is 5.68. The van der Waals surface area contributed by atoms with Gasteiger partial charge in [-0.25, -0.2) is 13.4 Å². The van der Waals surface area contributed by atoms with E-state index in [-0.39, 0.29) is 10.4 Å². The van der Waals surface area contributed by atoms with E-state index in [1.54, 1.807) is 16.4 Å². The number of hydrogen-bond donors (Lipinski definition) is 1. The zero-order chi connectivity index (χ0) is 15.5. The fraction of sp³-hybridized carbons (Fsp3) is 0.667. The van der Waals surface area contributed by atoms with E-state index in [9.17, 15) is 8.42 Å². The summed E-state index contributed by atoms with van der Waals surface area (Å²) in [6.45, 7) is 8.09. The third kappa shape index (κ3) is 3.06. The lowest BCUT2D eigenvalue weighted by molar-refractivity contribution is 0.279. The molecule has 1 saturated heterocycles. The van der Waals surface area contributed by atoms with Crippen molar-refractivity contribution in [3.8, 4) is 0 Å². The van der Waals surface area contributed by atoms with Crippen molar-refractivity contribution in [1.82, 2.24) is 9.29 Å². The number of hydrogen-bond acceptors (Lipinski definition) is 4. The lowest BCUT2D eigenvalue weighted by atomic mass is 9.82. The number of anilines is 1. The summed E-state index contributed by atoms with van der Waals surface area (Å²) in [6.07, 6.45) is 4.49. The van der Waals surface area contributed by atoms with Crippen LogP contribution in [0.4, 0.5) is 5.69 Å². The lowest BCUT2D eigenvalue weighted by Crippen LogP contribution is -2.32. The Kier molecular flexibility index (Phi) is 4.88. The van der Waals surface area contributed by atoms with E-state index in [0.717, 1.165) is 19.3 Å². The number of rotatable bonds is 6. The first-order valence-corrected chi connectivity index (χ1v) is 9.12. The van der Waals surface area contributed by atoms with E-state index in [1.807, 2.05) is 6.92 Å². The van der Waals surface area contributed by atoms with Crippen LogP contribution in [0.3, 0.4) is 0 Å². The van der Waals surface area contributed by atoms with Crippen LogP contribution in [0.1, 0.15) is 40.0 Å². The van der Waals surface area contributed by atoms with Crippen molar-refractivity contribution in [3.63, 3.8) is 0 Å². The molecule has 0 saturated carbocycles. The Morgan fingerprint density at radius 3 is 2.62 bits per heavy atom. The molecule has 1 aliphatic heterocycles. The van der Waals surface area contributed by atoms with E-state index >= 15 is 0 Å². The van der Waals surface area contributed by atoms with Crippen molar-refractivity contribution in [2.45, 2.75) is 45.1 Å². The maximum Gasteiger partial charge on any atom is 0.262 e. The highest BCUT2D eigenvalue weighted by molar-refractivity contribution is 7.89. The smallest absolute Gasteiger partial charge is 0.262 e. The number of pyridine rings is 1. The quantitative estimate of drug-likeness (QED) is 0.877. The molecule has 0 aliphatic carbocycles. The van der Waals surface area contributed by atoms with Crippen LogP contribution >= 0.6 is 0 Å². The van der Waals surface area contributed by atoms with Gasteiger partial charge in [0.15, 0.2) is 5.03 Å². The standard InChI is InChI=1S/C15H25N3O2S/c1-4-15(5-2)9-11-18(12-15)21(19,20)14-13(16-6-3)8-7-10-17-14/h7-8,10,16H,4-6,9,11-12H2,1-3H3. The van der Waals surface area contributed by atoms with Gasteiger partial charge in [0.05, 0.1) is 5.69 Å². The molecule has 21 heavy (non-hydrogen) atoms. The SMILES string of the molecule is CCNc1cccnc1S(=O)(=O)N1CCC(CC)(CC)C1. The second-order valence-corrected chi connectivity index (χ2v) is 7.54. The third-order valence-electron chi connectivity index (χ3n) is 4.63. The van der Waals surface area contributed by atoms with Crippen LogP contribution in [0.15, 0.2) is 23.4 Å². The van der Waals surface area contributed by atoms with Gasteiger partial charge in [-0.05, 0) is 43.7 Å². The van der Waals surface area contributed by atoms with E-state index < -0.39 is 10.0 Å². The maximum absolute atomic E-state index is 12.9. The highest BCUT2D eigenvalue weighted by Gasteiger charge is 2.41. The fourth-order valence-corrected chi connectivity index (χ4v) is 4.60. The summed E-state index contributed by atoms with van der Waals surface area (Å²) in [6, 6.07) is 3.52. The summed E-state index contributed by atoms with van der Waals surface area (Å²) < 4.78 is 27.3. The molecule has 1 fully saturated rings. The zero-order valence-corrected chi connectivity index (χ0v) is 13.9. The van der Waals surface area contributed by atoms with Gasteiger partial charge >= 0.3 is 0 Å². The molecular weight excluding hydrogens is 286 g/mol. The Bertz CT molecular complexity index is 582. The number of nitrogens with one attached hydrogen (secondary N) is 1. The Hall–Kier alpha value is -1.14. The first-order chi connectivity index (χ1) is 9.99. The average molecular weight is 311 g/mol. The second kappa shape index (κ2) is 6.32. The molecule has 1 aliphatic rings. The van der Waals surface area contributed by atoms with Gasteiger partial charge in [0.2, 0.25) is 0 Å². The van der Waals surface area contributed by atoms with Crippen molar-refractivity contribution in [3.05, 3.63) is 18.3 Å². The summed E-state index contributed by atoms with van der Waals surface area (Å²) in [7, 11) is -3.52. The van der Waals surface area contributed by atoms with Crippen molar-refractivity contribution in [2.75, 3.05) is 25.0 Å². The molecule has 0 radical (unpaired) electrons. The van der Waals surface area contributed by atoms with Crippen LogP contribution in [-0.4, -0.2) is 37.3 Å². The van der Waals surface area contributed by atoms with Gasteiger partial charge in [0, 0.05) is 25.8 Å². The van der Waals surface area contributed by atoms with Crippen LogP contribution in [0, 0.1) is 5.41 Å². The first-order valence-electron chi connectivity index (χ1n) is 7.68. The molecular formula is C15H25N3O2S. The molecule has 5 nitrogen and oxygen atoms in total. The third-order valence-corrected chi connectivity index (χ3v) is 6.43. The van der Waals surface area contributed by atoms with Crippen LogP contribution in [0.25, 0.3) is 0 Å². The molecule has 2 heterocycles. The Balaban J connectivity index is 2.32. The Morgan fingerprint density at radius 2 is 2.05 bits per heavy atom. The predicted molar refractivity (Wildman–Crippen MR) is 84.8 cm³/mol. The van der Waals surface area contributed by atoms with Crippen LogP contribution in [0.5, 0.6) is 0 Å². The summed E-state index contributed by atoms with van der Waals surface area (Å²) >= 11 is 0. The molecule has 0 atom stereocenters. The summed E-state index contributed by atoms with van der Waals surface area (Å²) in [5.74, 6) is 0. The molecule has 118 valence electrons. The number of aromatic nitrogens is 1. The van der Waals surface area contributed by atoms with Gasteiger partial charge in [-0.15, -0.1) is 0 Å². The van der Waals surface area contributed by atoms with Crippen molar-refractivity contribution in [1.29, 1.82) is 0 Å². The largest absolute Gasteiger partial charge is 0.383 e. The molecule has 0 aromatic carbocycles. The molecule has 1 aromatic heterocycles. The molecule has 1 N–H and O–H groups in total. The monoisotopic (exact) mass is 311 g/mol. The normalized spacial score (nSPS) is 18.8. The van der Waals surface area contributed by atoms with Crippen LogP contribution < -0.4 is 5.32 Å². The van der Waals surface area contributed by atoms with Crippen molar-refractivity contribution < 1.29 is 8.42 Å². The molecule has 0 spiro atoms. The van der Waals surface area contributed by atoms with Crippen molar-refractivity contribution in [2.24, 2.45) is 5.41 Å². The van der Waals surface area contributed by atoms with Gasteiger partial charge in [-0.3, -0.25) is 0 Å². The summed E-state index contributed by atoms with van der Waals surface area (Å²) in [5.41, 5.74) is 0.714. The maximum atomic E-state index is 12.9. The van der Waals surface area contributed by atoms with E-state index in [0.29, 0.717) is 25.3 Å². The summed E-state index contributed by atoms with van der Waals surface area (Å²) in [4.78, 5) is 4.12. The fourth-order valence-electron chi connectivity index (χ4n) is 2.97. The van der Waals surface area contributed by atoms with Crippen molar-refractivity contribution >= 4 is 15.7 Å². The average Bonchev–Trinajstić information content (AvgIpc) is 2.94. The van der Waals surface area contributed by atoms with Gasteiger partial charge in [-0.1, -0.05) is 13.8 Å². The highest BCUT2D eigenvalue weighted by Crippen LogP contribution is 2.39. The topological polar surface area (TPSA) is 62.3 Å². The molecule has 0 bridgehead atoms.